The van der Waals surface area contributed by atoms with E-state index in [0.717, 1.165) is 16.8 Å². The number of aryl methyl sites for hydroxylation is 3. The van der Waals surface area contributed by atoms with Gasteiger partial charge in [-0.1, -0.05) is 17.7 Å². The molecule has 0 saturated carbocycles. The van der Waals surface area contributed by atoms with Crippen LogP contribution in [-0.2, 0) is 9.59 Å². The van der Waals surface area contributed by atoms with Crippen LogP contribution in [0.15, 0.2) is 12.1 Å². The minimum atomic E-state index is -0.288. The topological polar surface area (TPSA) is 75.4 Å². The minimum absolute atomic E-state index is 0. The van der Waals surface area contributed by atoms with Crippen LogP contribution >= 0.6 is 12.4 Å². The maximum absolute atomic E-state index is 12.3. The Bertz CT molecular complexity index is 552. The number of rotatable bonds is 4. The van der Waals surface area contributed by atoms with Crippen LogP contribution in [-0.4, -0.2) is 31.4 Å². The number of halogens is 1. The number of nitrogens with two attached hydrogens (primary N) is 1. The summed E-state index contributed by atoms with van der Waals surface area (Å²) in [6.45, 7) is 7.35. The molecule has 0 aliphatic carbocycles. The Kier molecular flexibility index (Phi) is 6.38. The predicted molar refractivity (Wildman–Crippen MR) is 90.4 cm³/mol. The molecule has 0 bridgehead atoms. The molecule has 3 N–H and O–H groups in total. The van der Waals surface area contributed by atoms with Gasteiger partial charge in [0.2, 0.25) is 11.8 Å². The molecule has 2 rings (SSSR count). The average Bonchev–Trinajstić information content (AvgIpc) is 2.77. The Morgan fingerprint density at radius 3 is 2.45 bits per heavy atom. The van der Waals surface area contributed by atoms with Crippen LogP contribution in [0.1, 0.15) is 23.1 Å². The Hall–Kier alpha value is -1.59. The highest BCUT2D eigenvalue weighted by Gasteiger charge is 2.36. The molecular weight excluding hydrogens is 302 g/mol. The first-order valence-corrected chi connectivity index (χ1v) is 7.30. The zero-order chi connectivity index (χ0) is 15.6. The predicted octanol–water partition coefficient (Wildman–Crippen LogP) is 1.46. The van der Waals surface area contributed by atoms with Gasteiger partial charge in [-0.25, -0.2) is 0 Å². The van der Waals surface area contributed by atoms with Crippen molar-refractivity contribution < 1.29 is 9.59 Å². The van der Waals surface area contributed by atoms with Crippen molar-refractivity contribution in [3.8, 4) is 0 Å². The molecule has 1 aromatic rings. The number of nitrogens with one attached hydrogen (secondary N) is 1. The number of benzene rings is 1. The Labute approximate surface area is 137 Å². The summed E-state index contributed by atoms with van der Waals surface area (Å²) in [5.41, 5.74) is 9.65. The molecule has 1 saturated heterocycles. The summed E-state index contributed by atoms with van der Waals surface area (Å²) in [5.74, 6) is -0.360. The third kappa shape index (κ3) is 3.78. The lowest BCUT2D eigenvalue weighted by atomic mass is 10.0. The van der Waals surface area contributed by atoms with Gasteiger partial charge in [-0.15, -0.1) is 12.4 Å². The van der Waals surface area contributed by atoms with Gasteiger partial charge in [-0.05, 0) is 31.9 Å². The van der Waals surface area contributed by atoms with E-state index >= 15 is 0 Å². The van der Waals surface area contributed by atoms with Gasteiger partial charge in [0.05, 0.1) is 5.92 Å². The standard InChI is InChI=1S/C16H23N3O2.ClH/c1-10-6-11(2)15(12(3)7-10)19-9-13(8-14(19)20)16(21)18-5-4-17;/h6-7,13H,4-5,8-9,17H2,1-3H3,(H,18,21);1H. The van der Waals surface area contributed by atoms with Crippen LogP contribution in [0.3, 0.4) is 0 Å². The number of nitrogens with zero attached hydrogens (tertiary/aromatic N) is 1. The molecule has 1 aromatic carbocycles. The zero-order valence-electron chi connectivity index (χ0n) is 13.3. The van der Waals surface area contributed by atoms with Crippen molar-refractivity contribution in [1.82, 2.24) is 5.32 Å². The van der Waals surface area contributed by atoms with E-state index in [-0.39, 0.29) is 36.6 Å². The lowest BCUT2D eigenvalue weighted by Gasteiger charge is -2.22. The first-order chi connectivity index (χ1) is 9.93. The average molecular weight is 326 g/mol. The van der Waals surface area contributed by atoms with Crippen LogP contribution in [0, 0.1) is 26.7 Å². The summed E-state index contributed by atoms with van der Waals surface area (Å²) >= 11 is 0. The molecule has 0 spiro atoms. The molecule has 1 fully saturated rings. The van der Waals surface area contributed by atoms with Crippen molar-refractivity contribution >= 4 is 29.9 Å². The normalized spacial score (nSPS) is 17.4. The number of carbonyl (C=O) groups is 2. The third-order valence-corrected chi connectivity index (χ3v) is 3.84. The Morgan fingerprint density at radius 2 is 1.91 bits per heavy atom. The van der Waals surface area contributed by atoms with Crippen LogP contribution in [0.2, 0.25) is 0 Å². The highest BCUT2D eigenvalue weighted by Crippen LogP contribution is 2.31. The quantitative estimate of drug-likeness (QED) is 0.880. The fourth-order valence-electron chi connectivity index (χ4n) is 3.04. The number of hydrogen-bond donors (Lipinski definition) is 2. The molecule has 5 nitrogen and oxygen atoms in total. The lowest BCUT2D eigenvalue weighted by Crippen LogP contribution is -2.36. The highest BCUT2D eigenvalue weighted by molar-refractivity contribution is 6.01. The molecule has 0 radical (unpaired) electrons. The summed E-state index contributed by atoms with van der Waals surface area (Å²) < 4.78 is 0. The largest absolute Gasteiger partial charge is 0.355 e. The Morgan fingerprint density at radius 1 is 1.32 bits per heavy atom. The second kappa shape index (κ2) is 7.61. The second-order valence-corrected chi connectivity index (χ2v) is 5.73. The molecular formula is C16H24ClN3O2. The summed E-state index contributed by atoms with van der Waals surface area (Å²) in [4.78, 5) is 26.0. The highest BCUT2D eigenvalue weighted by atomic mass is 35.5. The van der Waals surface area contributed by atoms with Crippen molar-refractivity contribution in [3.63, 3.8) is 0 Å². The van der Waals surface area contributed by atoms with E-state index in [4.69, 9.17) is 5.73 Å². The molecule has 1 heterocycles. The number of carbonyl (C=O) groups excluding carboxylic acids is 2. The van der Waals surface area contributed by atoms with Gasteiger partial charge in [-0.3, -0.25) is 9.59 Å². The van der Waals surface area contributed by atoms with Crippen molar-refractivity contribution in [2.75, 3.05) is 24.5 Å². The van der Waals surface area contributed by atoms with Gasteiger partial charge < -0.3 is 16.0 Å². The van der Waals surface area contributed by atoms with Crippen molar-refractivity contribution in [3.05, 3.63) is 28.8 Å². The van der Waals surface area contributed by atoms with Crippen LogP contribution in [0.25, 0.3) is 0 Å². The molecule has 2 amide bonds. The fraction of sp³-hybridized carbons (Fsp3) is 0.500. The van der Waals surface area contributed by atoms with Gasteiger partial charge in [-0.2, -0.15) is 0 Å². The van der Waals surface area contributed by atoms with Crippen LogP contribution in [0.4, 0.5) is 5.69 Å². The summed E-state index contributed by atoms with van der Waals surface area (Å²) in [6, 6.07) is 4.13. The van der Waals surface area contributed by atoms with Gasteiger partial charge in [0.25, 0.3) is 0 Å². The monoisotopic (exact) mass is 325 g/mol. The third-order valence-electron chi connectivity index (χ3n) is 3.84. The molecule has 0 aromatic heterocycles. The van der Waals surface area contributed by atoms with E-state index in [2.05, 4.69) is 17.4 Å². The molecule has 22 heavy (non-hydrogen) atoms. The van der Waals surface area contributed by atoms with E-state index in [9.17, 15) is 9.59 Å². The maximum atomic E-state index is 12.3. The first-order valence-electron chi connectivity index (χ1n) is 7.30. The number of hydrogen-bond acceptors (Lipinski definition) is 3. The van der Waals surface area contributed by atoms with E-state index in [1.165, 1.54) is 5.56 Å². The van der Waals surface area contributed by atoms with Crippen LogP contribution < -0.4 is 16.0 Å². The van der Waals surface area contributed by atoms with Crippen LogP contribution in [0.5, 0.6) is 0 Å². The van der Waals surface area contributed by atoms with Gasteiger partial charge in [0, 0.05) is 31.7 Å². The molecule has 1 atom stereocenters. The second-order valence-electron chi connectivity index (χ2n) is 5.73. The molecule has 1 unspecified atom stereocenters. The molecule has 1 aliphatic rings. The van der Waals surface area contributed by atoms with Crippen molar-refractivity contribution in [2.45, 2.75) is 27.2 Å². The summed E-state index contributed by atoms with van der Waals surface area (Å²) in [5, 5.41) is 2.76. The SMILES string of the molecule is Cc1cc(C)c(N2CC(C(=O)NCCN)CC2=O)c(C)c1.Cl. The summed E-state index contributed by atoms with van der Waals surface area (Å²) in [6.07, 6.45) is 0.267. The molecule has 122 valence electrons. The van der Waals surface area contributed by atoms with Crippen molar-refractivity contribution in [1.29, 1.82) is 0 Å². The molecule has 6 heteroatoms. The van der Waals surface area contributed by atoms with E-state index in [1.807, 2.05) is 20.8 Å². The smallest absolute Gasteiger partial charge is 0.227 e. The first kappa shape index (κ1) is 18.5. The van der Waals surface area contributed by atoms with E-state index in [0.29, 0.717) is 19.6 Å². The van der Waals surface area contributed by atoms with Crippen molar-refractivity contribution in [2.24, 2.45) is 11.7 Å². The zero-order valence-corrected chi connectivity index (χ0v) is 14.1. The van der Waals surface area contributed by atoms with E-state index in [1.54, 1.807) is 4.90 Å². The maximum Gasteiger partial charge on any atom is 0.227 e. The van der Waals surface area contributed by atoms with Gasteiger partial charge in [0.15, 0.2) is 0 Å². The lowest BCUT2D eigenvalue weighted by molar-refractivity contribution is -0.126. The number of amides is 2. The molecule has 1 aliphatic heterocycles. The summed E-state index contributed by atoms with van der Waals surface area (Å²) in [7, 11) is 0. The van der Waals surface area contributed by atoms with Gasteiger partial charge >= 0.3 is 0 Å². The fourth-order valence-corrected chi connectivity index (χ4v) is 3.04. The minimum Gasteiger partial charge on any atom is -0.355 e. The van der Waals surface area contributed by atoms with E-state index < -0.39 is 0 Å². The Balaban J connectivity index is 0.00000242. The van der Waals surface area contributed by atoms with Gasteiger partial charge in [0.1, 0.15) is 0 Å². The number of anilines is 1.